The zero-order valence-electron chi connectivity index (χ0n) is 9.59. The average molecular weight is 234 g/mol. The highest BCUT2D eigenvalue weighted by atomic mass is 16.8. The minimum Gasteiger partial charge on any atom is -0.382 e. The lowest BCUT2D eigenvalue weighted by Crippen LogP contribution is -2.59. The molecule has 0 saturated carbocycles. The van der Waals surface area contributed by atoms with Crippen molar-refractivity contribution < 1.29 is 28.4 Å². The lowest BCUT2D eigenvalue weighted by atomic mass is 10.0. The monoisotopic (exact) mass is 234 g/mol. The Kier molecular flexibility index (Phi) is 4.51. The largest absolute Gasteiger partial charge is 0.382 e. The molecule has 0 N–H and O–H groups in total. The molecule has 6 nitrogen and oxygen atoms in total. The van der Waals surface area contributed by atoms with Crippen LogP contribution in [0.2, 0.25) is 0 Å². The molecule has 0 aromatic rings. The smallest absolute Gasteiger partial charge is 0.147 e. The molecule has 2 saturated heterocycles. The molecular formula is C10H18O6. The summed E-state index contributed by atoms with van der Waals surface area (Å²) in [6.07, 6.45) is -0.510. The van der Waals surface area contributed by atoms with E-state index in [1.807, 2.05) is 0 Å². The Morgan fingerprint density at radius 1 is 0.812 bits per heavy atom. The normalized spacial score (nSPS) is 39.4. The summed E-state index contributed by atoms with van der Waals surface area (Å²) < 4.78 is 32.1. The molecule has 0 aromatic carbocycles. The van der Waals surface area contributed by atoms with E-state index in [-0.39, 0.29) is 38.0 Å². The summed E-state index contributed by atoms with van der Waals surface area (Å²) in [5.74, 6) is 0. The Hall–Kier alpha value is -0.240. The van der Waals surface area contributed by atoms with Crippen LogP contribution in [0.25, 0.3) is 0 Å². The Bertz CT molecular complexity index is 185. The number of hydrogen-bond acceptors (Lipinski definition) is 6. The van der Waals surface area contributed by atoms with Crippen molar-refractivity contribution >= 4 is 0 Å². The van der Waals surface area contributed by atoms with Gasteiger partial charge >= 0.3 is 0 Å². The van der Waals surface area contributed by atoms with E-state index in [1.54, 1.807) is 14.2 Å². The van der Waals surface area contributed by atoms with Gasteiger partial charge in [-0.05, 0) is 0 Å². The number of methoxy groups -OCH3 is 2. The van der Waals surface area contributed by atoms with Crippen molar-refractivity contribution in [3.63, 3.8) is 0 Å². The van der Waals surface area contributed by atoms with Crippen molar-refractivity contribution in [1.29, 1.82) is 0 Å². The van der Waals surface area contributed by atoms with Crippen molar-refractivity contribution in [2.45, 2.75) is 24.4 Å². The molecule has 2 aliphatic heterocycles. The summed E-state index contributed by atoms with van der Waals surface area (Å²) in [5.41, 5.74) is 0. The van der Waals surface area contributed by atoms with Crippen molar-refractivity contribution in [2.75, 3.05) is 41.0 Å². The Morgan fingerprint density at radius 3 is 1.62 bits per heavy atom. The average Bonchev–Trinajstić information content (AvgIpc) is 2.31. The second-order valence-corrected chi connectivity index (χ2v) is 3.82. The highest BCUT2D eigenvalue weighted by molar-refractivity contribution is 4.89. The van der Waals surface area contributed by atoms with Gasteiger partial charge in [-0.15, -0.1) is 0 Å². The third-order valence-electron chi connectivity index (χ3n) is 2.80. The second-order valence-electron chi connectivity index (χ2n) is 3.82. The van der Waals surface area contributed by atoms with E-state index in [0.29, 0.717) is 13.2 Å². The summed E-state index contributed by atoms with van der Waals surface area (Å²) in [6.45, 7) is 1.46. The van der Waals surface area contributed by atoms with Gasteiger partial charge in [0.05, 0.1) is 13.2 Å². The van der Waals surface area contributed by atoms with E-state index in [9.17, 15) is 0 Å². The Morgan fingerprint density at radius 2 is 1.25 bits per heavy atom. The third-order valence-corrected chi connectivity index (χ3v) is 2.80. The highest BCUT2D eigenvalue weighted by Crippen LogP contribution is 2.26. The van der Waals surface area contributed by atoms with E-state index in [2.05, 4.69) is 0 Å². The minimum absolute atomic E-state index is 0.105. The molecule has 0 bridgehead atoms. The fraction of sp³-hybridized carbons (Fsp3) is 1.00. The van der Waals surface area contributed by atoms with Gasteiger partial charge in [0.15, 0.2) is 0 Å². The lowest BCUT2D eigenvalue weighted by Gasteiger charge is -2.43. The van der Waals surface area contributed by atoms with Gasteiger partial charge in [0.1, 0.15) is 38.0 Å². The minimum atomic E-state index is -0.150. The van der Waals surface area contributed by atoms with Crippen molar-refractivity contribution in [3.05, 3.63) is 0 Å². The van der Waals surface area contributed by atoms with E-state index >= 15 is 0 Å². The summed E-state index contributed by atoms with van der Waals surface area (Å²) in [7, 11) is 3.28. The van der Waals surface area contributed by atoms with Gasteiger partial charge in [-0.1, -0.05) is 0 Å². The van der Waals surface area contributed by atoms with Gasteiger partial charge in [0.25, 0.3) is 0 Å². The van der Waals surface area contributed by atoms with Crippen LogP contribution in [0.3, 0.4) is 0 Å². The molecule has 0 aromatic heterocycles. The molecule has 2 fully saturated rings. The van der Waals surface area contributed by atoms with Crippen molar-refractivity contribution in [2.24, 2.45) is 0 Å². The standard InChI is InChI=1S/C10H18O6/c1-11-3-7-9-10(16-5-13-7)8(4-12-2)14-6-15-9/h7-10H,3-6H2,1-2H3/t7-,8-,9?,10?/m1/s1. The lowest BCUT2D eigenvalue weighted by molar-refractivity contribution is -0.330. The maximum Gasteiger partial charge on any atom is 0.147 e. The SMILES string of the molecule is COC[C@H]1OCOC2C1OCO[C@@H]2COC. The fourth-order valence-electron chi connectivity index (χ4n) is 2.04. The number of ether oxygens (including phenoxy) is 6. The van der Waals surface area contributed by atoms with E-state index in [4.69, 9.17) is 28.4 Å². The van der Waals surface area contributed by atoms with Crippen LogP contribution in [0, 0.1) is 0 Å². The van der Waals surface area contributed by atoms with Crippen LogP contribution in [0.5, 0.6) is 0 Å². The maximum absolute atomic E-state index is 5.52. The molecule has 0 aliphatic carbocycles. The van der Waals surface area contributed by atoms with Crippen LogP contribution >= 0.6 is 0 Å². The van der Waals surface area contributed by atoms with Gasteiger partial charge in [-0.25, -0.2) is 0 Å². The Labute approximate surface area is 94.7 Å². The molecule has 0 radical (unpaired) electrons. The van der Waals surface area contributed by atoms with Crippen LogP contribution in [0.15, 0.2) is 0 Å². The van der Waals surface area contributed by atoms with Crippen LogP contribution in [-0.4, -0.2) is 65.4 Å². The molecule has 6 heteroatoms. The van der Waals surface area contributed by atoms with Gasteiger partial charge in [-0.3, -0.25) is 0 Å². The first-order chi connectivity index (χ1) is 7.86. The maximum atomic E-state index is 5.52. The summed E-state index contributed by atoms with van der Waals surface area (Å²) in [4.78, 5) is 0. The molecule has 2 aliphatic rings. The molecule has 4 atom stereocenters. The molecular weight excluding hydrogens is 216 g/mol. The van der Waals surface area contributed by atoms with Crippen LogP contribution < -0.4 is 0 Å². The predicted molar refractivity (Wildman–Crippen MR) is 53.0 cm³/mol. The van der Waals surface area contributed by atoms with Crippen LogP contribution in [-0.2, 0) is 28.4 Å². The zero-order chi connectivity index (χ0) is 11.4. The molecule has 2 unspecified atom stereocenters. The van der Waals surface area contributed by atoms with Crippen molar-refractivity contribution in [3.8, 4) is 0 Å². The van der Waals surface area contributed by atoms with Gasteiger partial charge in [-0.2, -0.15) is 0 Å². The molecule has 2 rings (SSSR count). The van der Waals surface area contributed by atoms with Crippen LogP contribution in [0.1, 0.15) is 0 Å². The van der Waals surface area contributed by atoms with Crippen molar-refractivity contribution in [1.82, 2.24) is 0 Å². The molecule has 2 heterocycles. The quantitative estimate of drug-likeness (QED) is 0.669. The summed E-state index contributed by atoms with van der Waals surface area (Å²) in [5, 5.41) is 0. The Balaban J connectivity index is 1.98. The summed E-state index contributed by atoms with van der Waals surface area (Å²) in [6, 6.07) is 0. The highest BCUT2D eigenvalue weighted by Gasteiger charge is 2.44. The second kappa shape index (κ2) is 5.90. The predicted octanol–water partition coefficient (Wildman–Crippen LogP) is -0.238. The van der Waals surface area contributed by atoms with Gasteiger partial charge < -0.3 is 28.4 Å². The zero-order valence-corrected chi connectivity index (χ0v) is 9.59. The topological polar surface area (TPSA) is 55.4 Å². The van der Waals surface area contributed by atoms with Crippen LogP contribution in [0.4, 0.5) is 0 Å². The van der Waals surface area contributed by atoms with E-state index in [0.717, 1.165) is 0 Å². The first kappa shape index (κ1) is 12.2. The number of hydrogen-bond donors (Lipinski definition) is 0. The van der Waals surface area contributed by atoms with Gasteiger partial charge in [0.2, 0.25) is 0 Å². The third kappa shape index (κ3) is 2.53. The first-order valence-electron chi connectivity index (χ1n) is 5.31. The van der Waals surface area contributed by atoms with E-state index < -0.39 is 0 Å². The molecule has 0 amide bonds. The van der Waals surface area contributed by atoms with Gasteiger partial charge in [0, 0.05) is 14.2 Å². The summed E-state index contributed by atoms with van der Waals surface area (Å²) >= 11 is 0. The molecule has 0 spiro atoms. The molecule has 94 valence electrons. The number of fused-ring (bicyclic) bond motifs is 1. The number of rotatable bonds is 4. The van der Waals surface area contributed by atoms with E-state index in [1.165, 1.54) is 0 Å². The first-order valence-corrected chi connectivity index (χ1v) is 5.31. The fourth-order valence-corrected chi connectivity index (χ4v) is 2.04. The molecule has 16 heavy (non-hydrogen) atoms.